The number of amides is 2. The Balaban J connectivity index is 2.42. The number of urea groups is 1. The maximum atomic E-state index is 12.0. The van der Waals surface area contributed by atoms with Gasteiger partial charge < -0.3 is 15.3 Å². The molecule has 5 heteroatoms. The molecule has 1 fully saturated rings. The van der Waals surface area contributed by atoms with Crippen LogP contribution in [-0.4, -0.2) is 40.6 Å². The zero-order chi connectivity index (χ0) is 13.9. The molecule has 1 aliphatic heterocycles. The molecule has 0 aromatic rings. The number of carbonyl (C=O) groups excluding carboxylic acids is 1. The van der Waals surface area contributed by atoms with Crippen LogP contribution in [0.3, 0.4) is 0 Å². The lowest BCUT2D eigenvalue weighted by Crippen LogP contribution is -2.60. The molecule has 1 unspecified atom stereocenters. The van der Waals surface area contributed by atoms with Crippen molar-refractivity contribution in [3.8, 4) is 0 Å². The summed E-state index contributed by atoms with van der Waals surface area (Å²) in [5, 5.41) is 11.9. The lowest BCUT2D eigenvalue weighted by Gasteiger charge is -2.43. The summed E-state index contributed by atoms with van der Waals surface area (Å²) >= 11 is 0. The van der Waals surface area contributed by atoms with E-state index in [0.29, 0.717) is 13.1 Å². The van der Waals surface area contributed by atoms with Gasteiger partial charge >= 0.3 is 12.0 Å². The first-order valence-electron chi connectivity index (χ1n) is 6.63. The molecule has 1 saturated heterocycles. The van der Waals surface area contributed by atoms with Crippen LogP contribution in [0.15, 0.2) is 0 Å². The molecule has 1 rings (SSSR count). The largest absolute Gasteiger partial charge is 0.481 e. The van der Waals surface area contributed by atoms with Crippen LogP contribution in [0.1, 0.15) is 40.5 Å². The number of aliphatic carboxylic acids is 1. The second-order valence-electron chi connectivity index (χ2n) is 5.49. The molecule has 0 aromatic heterocycles. The first-order valence-corrected chi connectivity index (χ1v) is 6.63. The molecular formula is C13H24N2O3. The standard InChI is InChI=1S/C13H24N2O3/c1-5-13(4,6-2)14-12(18)15-7-10(8-15)9(3)11(16)17/h9-10H,5-8H2,1-4H3,(H,14,18)(H,16,17). The molecule has 0 saturated carbocycles. The van der Waals surface area contributed by atoms with Crippen molar-refractivity contribution in [2.24, 2.45) is 11.8 Å². The third-order valence-electron chi connectivity index (χ3n) is 4.26. The van der Waals surface area contributed by atoms with Gasteiger partial charge in [-0.1, -0.05) is 20.8 Å². The highest BCUT2D eigenvalue weighted by Gasteiger charge is 2.38. The topological polar surface area (TPSA) is 69.6 Å². The Morgan fingerprint density at radius 3 is 2.28 bits per heavy atom. The van der Waals surface area contributed by atoms with Gasteiger partial charge in [-0.25, -0.2) is 4.79 Å². The molecule has 1 heterocycles. The zero-order valence-corrected chi connectivity index (χ0v) is 11.7. The quantitative estimate of drug-likeness (QED) is 0.789. The van der Waals surface area contributed by atoms with Crippen LogP contribution in [0.25, 0.3) is 0 Å². The molecule has 1 aliphatic rings. The zero-order valence-electron chi connectivity index (χ0n) is 11.7. The van der Waals surface area contributed by atoms with Crippen LogP contribution in [0, 0.1) is 11.8 Å². The van der Waals surface area contributed by atoms with Crippen LogP contribution in [0.2, 0.25) is 0 Å². The van der Waals surface area contributed by atoms with E-state index in [1.54, 1.807) is 11.8 Å². The fourth-order valence-corrected chi connectivity index (χ4v) is 1.96. The maximum absolute atomic E-state index is 12.0. The number of carboxylic acids is 1. The minimum atomic E-state index is -0.785. The molecule has 18 heavy (non-hydrogen) atoms. The van der Waals surface area contributed by atoms with Crippen molar-refractivity contribution in [2.75, 3.05) is 13.1 Å². The van der Waals surface area contributed by atoms with Crippen LogP contribution in [0.5, 0.6) is 0 Å². The van der Waals surface area contributed by atoms with Crippen molar-refractivity contribution in [2.45, 2.75) is 46.1 Å². The number of hydrogen-bond donors (Lipinski definition) is 2. The Hall–Kier alpha value is -1.26. The van der Waals surface area contributed by atoms with Gasteiger partial charge in [0, 0.05) is 24.5 Å². The van der Waals surface area contributed by atoms with Gasteiger partial charge in [0.15, 0.2) is 0 Å². The molecule has 2 amide bonds. The van der Waals surface area contributed by atoms with Crippen LogP contribution in [0.4, 0.5) is 4.79 Å². The molecule has 0 aliphatic carbocycles. The summed E-state index contributed by atoms with van der Waals surface area (Å²) in [4.78, 5) is 24.5. The number of carbonyl (C=O) groups is 2. The van der Waals surface area contributed by atoms with Gasteiger partial charge in [0.05, 0.1) is 5.92 Å². The van der Waals surface area contributed by atoms with Gasteiger partial charge in [-0.15, -0.1) is 0 Å². The van der Waals surface area contributed by atoms with E-state index in [0.717, 1.165) is 12.8 Å². The first kappa shape index (κ1) is 14.8. The number of nitrogens with one attached hydrogen (secondary N) is 1. The molecule has 5 nitrogen and oxygen atoms in total. The number of carboxylic acid groups (broad SMARTS) is 1. The lowest BCUT2D eigenvalue weighted by atomic mass is 9.87. The van der Waals surface area contributed by atoms with Crippen molar-refractivity contribution < 1.29 is 14.7 Å². The molecule has 2 N–H and O–H groups in total. The van der Waals surface area contributed by atoms with Gasteiger partial charge in [-0.05, 0) is 19.8 Å². The monoisotopic (exact) mass is 256 g/mol. The Morgan fingerprint density at radius 1 is 1.39 bits per heavy atom. The molecule has 1 atom stereocenters. The van der Waals surface area contributed by atoms with E-state index in [1.165, 1.54) is 0 Å². The van der Waals surface area contributed by atoms with E-state index in [4.69, 9.17) is 5.11 Å². The van der Waals surface area contributed by atoms with Crippen molar-refractivity contribution in [1.82, 2.24) is 10.2 Å². The molecule has 104 valence electrons. The molecule has 0 radical (unpaired) electrons. The fourth-order valence-electron chi connectivity index (χ4n) is 1.96. The Bertz CT molecular complexity index is 320. The Morgan fingerprint density at radius 2 is 1.89 bits per heavy atom. The van der Waals surface area contributed by atoms with Crippen molar-refractivity contribution in [3.05, 3.63) is 0 Å². The number of likely N-dealkylation sites (tertiary alicyclic amines) is 1. The highest BCUT2D eigenvalue weighted by Crippen LogP contribution is 2.25. The van der Waals surface area contributed by atoms with E-state index in [9.17, 15) is 9.59 Å². The minimum Gasteiger partial charge on any atom is -0.481 e. The summed E-state index contributed by atoms with van der Waals surface area (Å²) in [5.74, 6) is -1.08. The van der Waals surface area contributed by atoms with Crippen molar-refractivity contribution in [3.63, 3.8) is 0 Å². The van der Waals surface area contributed by atoms with Gasteiger partial charge in [0.2, 0.25) is 0 Å². The minimum absolute atomic E-state index is 0.0740. The third kappa shape index (κ3) is 3.15. The number of hydrogen-bond acceptors (Lipinski definition) is 2. The SMILES string of the molecule is CCC(C)(CC)NC(=O)N1CC(C(C)C(=O)O)C1. The average molecular weight is 256 g/mol. The summed E-state index contributed by atoms with van der Waals surface area (Å²) in [6.45, 7) is 8.92. The van der Waals surface area contributed by atoms with Gasteiger partial charge in [-0.2, -0.15) is 0 Å². The normalized spacial score (nSPS) is 18.1. The van der Waals surface area contributed by atoms with Gasteiger partial charge in [0.25, 0.3) is 0 Å². The molecule has 0 spiro atoms. The van der Waals surface area contributed by atoms with E-state index in [2.05, 4.69) is 19.2 Å². The van der Waals surface area contributed by atoms with E-state index in [-0.39, 0.29) is 23.4 Å². The van der Waals surface area contributed by atoms with Crippen LogP contribution in [-0.2, 0) is 4.79 Å². The predicted octanol–water partition coefficient (Wildman–Crippen LogP) is 1.93. The average Bonchev–Trinajstić information content (AvgIpc) is 2.26. The summed E-state index contributed by atoms with van der Waals surface area (Å²) in [7, 11) is 0. The summed E-state index contributed by atoms with van der Waals surface area (Å²) < 4.78 is 0. The maximum Gasteiger partial charge on any atom is 0.317 e. The molecular weight excluding hydrogens is 232 g/mol. The second kappa shape index (κ2) is 5.59. The fraction of sp³-hybridized carbons (Fsp3) is 0.846. The predicted molar refractivity (Wildman–Crippen MR) is 69.4 cm³/mol. The number of rotatable bonds is 5. The lowest BCUT2D eigenvalue weighted by molar-refractivity contribution is -0.144. The van der Waals surface area contributed by atoms with E-state index < -0.39 is 5.97 Å². The summed E-state index contributed by atoms with van der Waals surface area (Å²) in [6, 6.07) is -0.0740. The second-order valence-corrected chi connectivity index (χ2v) is 5.49. The molecule has 0 aromatic carbocycles. The third-order valence-corrected chi connectivity index (χ3v) is 4.26. The molecule has 0 bridgehead atoms. The first-order chi connectivity index (χ1) is 8.33. The Kier molecular flexibility index (Phi) is 4.59. The van der Waals surface area contributed by atoms with E-state index >= 15 is 0 Å². The van der Waals surface area contributed by atoms with E-state index in [1.807, 2.05) is 6.92 Å². The van der Waals surface area contributed by atoms with Gasteiger partial charge in [-0.3, -0.25) is 4.79 Å². The van der Waals surface area contributed by atoms with Crippen molar-refractivity contribution >= 4 is 12.0 Å². The van der Waals surface area contributed by atoms with Crippen LogP contribution < -0.4 is 5.32 Å². The highest BCUT2D eigenvalue weighted by molar-refractivity contribution is 5.77. The van der Waals surface area contributed by atoms with Crippen LogP contribution >= 0.6 is 0 Å². The summed E-state index contributed by atoms with van der Waals surface area (Å²) in [5.41, 5.74) is -0.166. The number of nitrogens with zero attached hydrogens (tertiary/aromatic N) is 1. The summed E-state index contributed by atoms with van der Waals surface area (Å²) in [6.07, 6.45) is 1.77. The smallest absolute Gasteiger partial charge is 0.317 e. The highest BCUT2D eigenvalue weighted by atomic mass is 16.4. The van der Waals surface area contributed by atoms with Gasteiger partial charge in [0.1, 0.15) is 0 Å². The Labute approximate surface area is 109 Å². The van der Waals surface area contributed by atoms with Crippen molar-refractivity contribution in [1.29, 1.82) is 0 Å².